The summed E-state index contributed by atoms with van der Waals surface area (Å²) in [5.41, 5.74) is 3.77. The molecule has 1 aromatic carbocycles. The van der Waals surface area contributed by atoms with E-state index in [2.05, 4.69) is 21.0 Å². The molecule has 0 spiro atoms. The van der Waals surface area contributed by atoms with Gasteiger partial charge in [-0.3, -0.25) is 0 Å². The van der Waals surface area contributed by atoms with Crippen LogP contribution in [0.2, 0.25) is 0 Å². The van der Waals surface area contributed by atoms with Crippen LogP contribution >= 0.6 is 15.9 Å². The zero-order valence-electron chi connectivity index (χ0n) is 9.24. The highest BCUT2D eigenvalue weighted by atomic mass is 79.9. The lowest BCUT2D eigenvalue weighted by molar-refractivity contribution is 0.280. The second-order valence-corrected chi connectivity index (χ2v) is 4.61. The van der Waals surface area contributed by atoms with E-state index in [9.17, 15) is 5.11 Å². The van der Waals surface area contributed by atoms with E-state index in [4.69, 9.17) is 0 Å². The highest BCUT2D eigenvalue weighted by molar-refractivity contribution is 9.10. The lowest BCUT2D eigenvalue weighted by Gasteiger charge is -2.04. The molecule has 2 aromatic rings. The van der Waals surface area contributed by atoms with Crippen LogP contribution in [0, 0.1) is 13.8 Å². The van der Waals surface area contributed by atoms with Gasteiger partial charge in [-0.05, 0) is 38.1 Å². The van der Waals surface area contributed by atoms with E-state index >= 15 is 0 Å². The zero-order valence-corrected chi connectivity index (χ0v) is 10.8. The van der Waals surface area contributed by atoms with Gasteiger partial charge >= 0.3 is 0 Å². The number of benzene rings is 1. The fourth-order valence-electron chi connectivity index (χ4n) is 1.74. The minimum atomic E-state index is 0.0359. The van der Waals surface area contributed by atoms with Gasteiger partial charge in [-0.25, -0.2) is 4.68 Å². The molecule has 1 aromatic heterocycles. The quantitative estimate of drug-likeness (QED) is 0.919. The van der Waals surface area contributed by atoms with Gasteiger partial charge in [0.15, 0.2) is 0 Å². The van der Waals surface area contributed by atoms with E-state index in [1.54, 1.807) is 0 Å². The lowest BCUT2D eigenvalue weighted by atomic mass is 10.2. The van der Waals surface area contributed by atoms with Gasteiger partial charge < -0.3 is 5.11 Å². The minimum absolute atomic E-state index is 0.0359. The lowest BCUT2D eigenvalue weighted by Crippen LogP contribution is -1.99. The van der Waals surface area contributed by atoms with E-state index < -0.39 is 0 Å². The van der Waals surface area contributed by atoms with Gasteiger partial charge in [0.1, 0.15) is 0 Å². The third kappa shape index (κ3) is 1.90. The number of halogens is 1. The van der Waals surface area contributed by atoms with E-state index in [1.165, 1.54) is 0 Å². The topological polar surface area (TPSA) is 38.0 Å². The predicted molar refractivity (Wildman–Crippen MR) is 66.7 cm³/mol. The molecule has 0 amide bonds. The molecular weight excluding hydrogens is 268 g/mol. The minimum Gasteiger partial charge on any atom is -0.392 e. The Bertz CT molecular complexity index is 502. The molecule has 0 saturated heterocycles. The second kappa shape index (κ2) is 4.39. The molecule has 84 valence electrons. The van der Waals surface area contributed by atoms with Crippen LogP contribution in [-0.4, -0.2) is 14.9 Å². The number of aliphatic hydroxyl groups excluding tert-OH is 1. The highest BCUT2D eigenvalue weighted by Gasteiger charge is 2.11. The Kier molecular flexibility index (Phi) is 3.12. The average Bonchev–Trinajstić information content (AvgIpc) is 2.55. The summed E-state index contributed by atoms with van der Waals surface area (Å²) >= 11 is 3.40. The largest absolute Gasteiger partial charge is 0.392 e. The second-order valence-electron chi connectivity index (χ2n) is 3.70. The number of aliphatic hydroxyl groups is 1. The number of nitrogens with zero attached hydrogens (tertiary/aromatic N) is 2. The summed E-state index contributed by atoms with van der Waals surface area (Å²) in [6.45, 7) is 3.91. The fraction of sp³-hybridized carbons (Fsp3) is 0.250. The molecule has 16 heavy (non-hydrogen) atoms. The molecule has 0 radical (unpaired) electrons. The molecule has 3 nitrogen and oxygen atoms in total. The number of hydrogen-bond donors (Lipinski definition) is 1. The Labute approximate surface area is 103 Å². The van der Waals surface area contributed by atoms with Crippen molar-refractivity contribution in [2.24, 2.45) is 0 Å². The third-order valence-electron chi connectivity index (χ3n) is 2.67. The van der Waals surface area contributed by atoms with Crippen molar-refractivity contribution in [1.82, 2.24) is 9.78 Å². The molecule has 1 heterocycles. The zero-order chi connectivity index (χ0) is 11.7. The molecule has 1 N–H and O–H groups in total. The summed E-state index contributed by atoms with van der Waals surface area (Å²) in [6, 6.07) is 7.93. The van der Waals surface area contributed by atoms with E-state index in [1.807, 2.05) is 42.8 Å². The van der Waals surface area contributed by atoms with Crippen LogP contribution in [-0.2, 0) is 6.61 Å². The van der Waals surface area contributed by atoms with Crippen molar-refractivity contribution in [3.63, 3.8) is 0 Å². The molecular formula is C12H13BrN2O. The number of aryl methyl sites for hydroxylation is 1. The van der Waals surface area contributed by atoms with Crippen LogP contribution in [0.15, 0.2) is 28.7 Å². The van der Waals surface area contributed by atoms with E-state index in [-0.39, 0.29) is 6.61 Å². The monoisotopic (exact) mass is 280 g/mol. The van der Waals surface area contributed by atoms with Crippen LogP contribution in [0.4, 0.5) is 0 Å². The number of rotatable bonds is 2. The van der Waals surface area contributed by atoms with Crippen molar-refractivity contribution in [3.05, 3.63) is 45.7 Å². The van der Waals surface area contributed by atoms with Gasteiger partial charge in [-0.1, -0.05) is 15.9 Å². The van der Waals surface area contributed by atoms with Gasteiger partial charge in [0, 0.05) is 15.7 Å². The maximum atomic E-state index is 9.24. The summed E-state index contributed by atoms with van der Waals surface area (Å²) in [7, 11) is 0. The molecule has 0 bridgehead atoms. The van der Waals surface area contributed by atoms with Crippen LogP contribution in [0.5, 0.6) is 0 Å². The van der Waals surface area contributed by atoms with Crippen molar-refractivity contribution in [2.45, 2.75) is 20.5 Å². The summed E-state index contributed by atoms with van der Waals surface area (Å²) in [5.74, 6) is 0. The molecule has 0 unspecified atom stereocenters. The smallest absolute Gasteiger partial charge is 0.0718 e. The van der Waals surface area contributed by atoms with Crippen molar-refractivity contribution < 1.29 is 5.11 Å². The Morgan fingerprint density at radius 3 is 2.38 bits per heavy atom. The highest BCUT2D eigenvalue weighted by Crippen LogP contribution is 2.19. The Morgan fingerprint density at radius 2 is 1.88 bits per heavy atom. The first-order valence-corrected chi connectivity index (χ1v) is 5.84. The Morgan fingerprint density at radius 1 is 1.25 bits per heavy atom. The van der Waals surface area contributed by atoms with Gasteiger partial charge in [0.25, 0.3) is 0 Å². The fourth-order valence-corrected chi connectivity index (χ4v) is 2.00. The summed E-state index contributed by atoms with van der Waals surface area (Å²) < 4.78 is 2.90. The summed E-state index contributed by atoms with van der Waals surface area (Å²) in [6.07, 6.45) is 0. The maximum Gasteiger partial charge on any atom is 0.0718 e. The van der Waals surface area contributed by atoms with Crippen molar-refractivity contribution >= 4 is 15.9 Å². The van der Waals surface area contributed by atoms with Gasteiger partial charge in [0.2, 0.25) is 0 Å². The van der Waals surface area contributed by atoms with Crippen LogP contribution in [0.25, 0.3) is 5.69 Å². The summed E-state index contributed by atoms with van der Waals surface area (Å²) in [4.78, 5) is 0. The van der Waals surface area contributed by atoms with Gasteiger partial charge in [-0.2, -0.15) is 5.10 Å². The molecule has 0 aliphatic carbocycles. The van der Waals surface area contributed by atoms with Crippen molar-refractivity contribution in [3.8, 4) is 5.69 Å². The van der Waals surface area contributed by atoms with Crippen LogP contribution in [0.3, 0.4) is 0 Å². The van der Waals surface area contributed by atoms with E-state index in [0.29, 0.717) is 0 Å². The SMILES string of the molecule is Cc1nn(-c2ccc(Br)cc2)c(C)c1CO. The molecule has 0 aliphatic rings. The van der Waals surface area contributed by atoms with Crippen molar-refractivity contribution in [1.29, 1.82) is 0 Å². The predicted octanol–water partition coefficient (Wildman–Crippen LogP) is 2.74. The Balaban J connectivity index is 2.52. The molecule has 4 heteroatoms. The standard InChI is InChI=1S/C12H13BrN2O/c1-8-12(7-16)9(2)15(14-8)11-5-3-10(13)4-6-11/h3-6,16H,7H2,1-2H3. The molecule has 2 rings (SSSR count). The maximum absolute atomic E-state index is 9.24. The van der Waals surface area contributed by atoms with E-state index in [0.717, 1.165) is 27.1 Å². The first-order valence-electron chi connectivity index (χ1n) is 5.05. The molecule has 0 fully saturated rings. The first-order chi connectivity index (χ1) is 7.63. The Hall–Kier alpha value is -1.13. The number of hydrogen-bond acceptors (Lipinski definition) is 2. The average molecular weight is 281 g/mol. The number of aromatic nitrogens is 2. The third-order valence-corrected chi connectivity index (χ3v) is 3.20. The molecule has 0 saturated carbocycles. The summed E-state index contributed by atoms with van der Waals surface area (Å²) in [5, 5.41) is 13.7. The molecule has 0 aliphatic heterocycles. The van der Waals surface area contributed by atoms with Crippen LogP contribution < -0.4 is 0 Å². The van der Waals surface area contributed by atoms with Gasteiger partial charge in [-0.15, -0.1) is 0 Å². The normalized spacial score (nSPS) is 10.8. The van der Waals surface area contributed by atoms with Gasteiger partial charge in [0.05, 0.1) is 18.0 Å². The molecule has 0 atom stereocenters. The van der Waals surface area contributed by atoms with Crippen molar-refractivity contribution in [2.75, 3.05) is 0 Å². The first kappa shape index (κ1) is 11.4. The van der Waals surface area contributed by atoms with Crippen LogP contribution in [0.1, 0.15) is 17.0 Å².